The van der Waals surface area contributed by atoms with Crippen molar-refractivity contribution in [2.75, 3.05) is 6.54 Å². The number of carboxylic acids is 1. The molecule has 136 valence electrons. The third kappa shape index (κ3) is 5.56. The molecule has 9 heteroatoms. The average Bonchev–Trinajstić information content (AvgIpc) is 3.09. The van der Waals surface area contributed by atoms with Crippen LogP contribution in [0.1, 0.15) is 36.9 Å². The number of ether oxygens (including phenoxy) is 1. The summed E-state index contributed by atoms with van der Waals surface area (Å²) in [6.45, 7) is 6.67. The number of rotatable bonds is 6. The van der Waals surface area contributed by atoms with E-state index in [1.54, 1.807) is 0 Å². The van der Waals surface area contributed by atoms with E-state index >= 15 is 0 Å². The van der Waals surface area contributed by atoms with Crippen molar-refractivity contribution in [3.63, 3.8) is 0 Å². The molecule has 0 aliphatic rings. The minimum atomic E-state index is -0.972. The van der Waals surface area contributed by atoms with Gasteiger partial charge in [0, 0.05) is 6.54 Å². The summed E-state index contributed by atoms with van der Waals surface area (Å²) in [4.78, 5) is 26.9. The van der Waals surface area contributed by atoms with E-state index < -0.39 is 17.7 Å². The third-order valence-corrected chi connectivity index (χ3v) is 4.25. The fraction of sp³-hybridized carbons (Fsp3) is 0.500. The van der Waals surface area contributed by atoms with Crippen LogP contribution in [0.2, 0.25) is 0 Å². The number of carbonyl (C=O) groups is 2. The summed E-state index contributed by atoms with van der Waals surface area (Å²) in [5, 5.41) is 12.4. The molecule has 0 saturated heterocycles. The van der Waals surface area contributed by atoms with Gasteiger partial charge in [0.1, 0.15) is 15.5 Å². The predicted octanol–water partition coefficient (Wildman–Crippen LogP) is 2.05. The molecule has 0 saturated carbocycles. The van der Waals surface area contributed by atoms with Crippen molar-refractivity contribution < 1.29 is 24.1 Å². The molecule has 2 aromatic rings. The third-order valence-electron chi connectivity index (χ3n) is 3.21. The molecule has 2 N–H and O–H groups in total. The van der Waals surface area contributed by atoms with Crippen molar-refractivity contribution in [2.24, 2.45) is 7.05 Å². The number of carboxylic acid groups (broad SMARTS) is 1. The molecule has 25 heavy (non-hydrogen) atoms. The van der Waals surface area contributed by atoms with Crippen molar-refractivity contribution in [3.05, 3.63) is 23.5 Å². The van der Waals surface area contributed by atoms with E-state index in [0.29, 0.717) is 18.1 Å². The summed E-state index contributed by atoms with van der Waals surface area (Å²) < 4.78 is 9.07. The Balaban J connectivity index is 1.88. The minimum Gasteiger partial charge on any atom is -0.477 e. The number of hydrogen-bond donors (Lipinski definition) is 2. The second-order valence-corrected chi connectivity index (χ2v) is 7.60. The second kappa shape index (κ2) is 7.64. The van der Waals surface area contributed by atoms with Gasteiger partial charge in [0.25, 0.3) is 0 Å². The number of carbonyl (C=O) groups excluding carboxylic acids is 1. The van der Waals surface area contributed by atoms with Gasteiger partial charge in [-0.2, -0.15) is 4.68 Å². The lowest BCUT2D eigenvalue weighted by molar-refractivity contribution is -0.753. The van der Waals surface area contributed by atoms with E-state index in [0.717, 1.165) is 23.3 Å². The Morgan fingerprint density at radius 1 is 1.44 bits per heavy atom. The van der Waals surface area contributed by atoms with E-state index in [2.05, 4.69) is 10.3 Å². The first-order chi connectivity index (χ1) is 11.7. The number of hydrogen-bond acceptors (Lipinski definition) is 5. The molecule has 0 radical (unpaired) electrons. The zero-order valence-corrected chi connectivity index (χ0v) is 15.6. The Morgan fingerprint density at radius 2 is 2.16 bits per heavy atom. The Labute approximate surface area is 150 Å². The highest BCUT2D eigenvalue weighted by Gasteiger charge is 2.17. The molecule has 1 amide bonds. The molecule has 2 rings (SSSR count). The van der Waals surface area contributed by atoms with Gasteiger partial charge < -0.3 is 15.2 Å². The van der Waals surface area contributed by atoms with Crippen LogP contribution in [0.25, 0.3) is 10.6 Å². The second-order valence-electron chi connectivity index (χ2n) is 6.57. The maximum atomic E-state index is 11.6. The summed E-state index contributed by atoms with van der Waals surface area (Å²) in [6.07, 6.45) is 5.49. The van der Waals surface area contributed by atoms with Crippen LogP contribution in [0.15, 0.2) is 18.6 Å². The van der Waals surface area contributed by atoms with Gasteiger partial charge in [-0.3, -0.25) is 0 Å². The predicted molar refractivity (Wildman–Crippen MR) is 92.5 cm³/mol. The molecule has 0 atom stereocenters. The molecular weight excluding hydrogens is 344 g/mol. The van der Waals surface area contributed by atoms with E-state index in [1.807, 2.05) is 49.6 Å². The molecule has 0 bridgehead atoms. The van der Waals surface area contributed by atoms with Gasteiger partial charge in [-0.05, 0) is 27.2 Å². The molecule has 8 nitrogen and oxygen atoms in total. The molecule has 2 aromatic heterocycles. The summed E-state index contributed by atoms with van der Waals surface area (Å²) in [5.41, 5.74) is 0.356. The molecule has 0 spiro atoms. The molecule has 0 aromatic carbocycles. The number of aryl methyl sites for hydroxylation is 2. The monoisotopic (exact) mass is 367 g/mol. The summed E-state index contributed by atoms with van der Waals surface area (Å²) >= 11 is 1.14. The number of alkyl carbamates (subject to hydrolysis) is 1. The first kappa shape index (κ1) is 18.9. The normalized spacial score (nSPS) is 11.4. The van der Waals surface area contributed by atoms with Crippen LogP contribution in [-0.4, -0.2) is 39.0 Å². The van der Waals surface area contributed by atoms with Crippen molar-refractivity contribution in [2.45, 2.75) is 39.3 Å². The summed E-state index contributed by atoms with van der Waals surface area (Å²) in [7, 11) is 1.90. The largest absolute Gasteiger partial charge is 0.477 e. The molecular formula is C16H23N4O4S+. The SMILES string of the molecule is C[n+]1cc(-c2ncc(C(=O)O)s2)cn1CCCNC(=O)OC(C)(C)C. The number of aromatic carboxylic acids is 1. The topological polar surface area (TPSA) is 97.3 Å². The standard InChI is InChI=1S/C16H22N4O4S/c1-16(2,3)24-15(23)17-6-5-7-20-10-11(9-19(20)4)13-18-8-12(25-13)14(21)22/h8-10H,5-7H2,1-4H3,(H-,17,21,22,23)/p+1. The maximum absolute atomic E-state index is 11.6. The number of nitrogens with one attached hydrogen (secondary N) is 1. The van der Waals surface area contributed by atoms with Gasteiger partial charge in [0.2, 0.25) is 6.20 Å². The fourth-order valence-electron chi connectivity index (χ4n) is 2.15. The van der Waals surface area contributed by atoms with Crippen LogP contribution in [0.5, 0.6) is 0 Å². The number of thiazole rings is 1. The van der Waals surface area contributed by atoms with Gasteiger partial charge in [-0.25, -0.2) is 14.6 Å². The Bertz CT molecular complexity index is 761. The summed E-state index contributed by atoms with van der Waals surface area (Å²) in [5.74, 6) is -0.972. The Morgan fingerprint density at radius 3 is 2.76 bits per heavy atom. The van der Waals surface area contributed by atoms with Crippen molar-refractivity contribution in [3.8, 4) is 10.6 Å². The first-order valence-electron chi connectivity index (χ1n) is 7.88. The van der Waals surface area contributed by atoms with Crippen LogP contribution < -0.4 is 10.00 Å². The number of aromatic nitrogens is 3. The molecule has 0 fully saturated rings. The van der Waals surface area contributed by atoms with Crippen LogP contribution in [-0.2, 0) is 18.3 Å². The molecule has 0 aliphatic carbocycles. The number of nitrogens with zero attached hydrogens (tertiary/aromatic N) is 3. The van der Waals surface area contributed by atoms with Crippen LogP contribution in [0, 0.1) is 0 Å². The lowest BCUT2D eigenvalue weighted by Gasteiger charge is -2.19. The van der Waals surface area contributed by atoms with Crippen LogP contribution >= 0.6 is 11.3 Å². The quantitative estimate of drug-likeness (QED) is 0.602. The van der Waals surface area contributed by atoms with Gasteiger partial charge >= 0.3 is 12.1 Å². The van der Waals surface area contributed by atoms with E-state index in [4.69, 9.17) is 9.84 Å². The van der Waals surface area contributed by atoms with Gasteiger partial charge in [0.15, 0.2) is 7.05 Å². The van der Waals surface area contributed by atoms with Crippen molar-refractivity contribution >= 4 is 23.4 Å². The van der Waals surface area contributed by atoms with Gasteiger partial charge in [0.05, 0.1) is 24.5 Å². The van der Waals surface area contributed by atoms with Crippen molar-refractivity contribution in [1.82, 2.24) is 15.0 Å². The Kier molecular flexibility index (Phi) is 5.78. The van der Waals surface area contributed by atoms with Gasteiger partial charge in [-0.1, -0.05) is 0 Å². The smallest absolute Gasteiger partial charge is 0.407 e. The highest BCUT2D eigenvalue weighted by molar-refractivity contribution is 7.16. The highest BCUT2D eigenvalue weighted by atomic mass is 32.1. The Hall–Kier alpha value is -2.42. The lowest BCUT2D eigenvalue weighted by atomic mass is 10.2. The van der Waals surface area contributed by atoms with E-state index in [1.165, 1.54) is 6.20 Å². The van der Waals surface area contributed by atoms with E-state index in [-0.39, 0.29) is 4.88 Å². The molecule has 0 unspecified atom stereocenters. The summed E-state index contributed by atoms with van der Waals surface area (Å²) in [6, 6.07) is 0. The fourth-order valence-corrected chi connectivity index (χ4v) is 2.87. The van der Waals surface area contributed by atoms with E-state index in [9.17, 15) is 9.59 Å². The maximum Gasteiger partial charge on any atom is 0.407 e. The van der Waals surface area contributed by atoms with Crippen LogP contribution in [0.3, 0.4) is 0 Å². The number of amides is 1. The average molecular weight is 367 g/mol. The minimum absolute atomic E-state index is 0.215. The van der Waals surface area contributed by atoms with Crippen LogP contribution in [0.4, 0.5) is 4.79 Å². The molecule has 0 aliphatic heterocycles. The first-order valence-corrected chi connectivity index (χ1v) is 8.70. The molecule has 2 heterocycles. The zero-order chi connectivity index (χ0) is 18.6. The lowest BCUT2D eigenvalue weighted by Crippen LogP contribution is -2.39. The van der Waals surface area contributed by atoms with Crippen molar-refractivity contribution in [1.29, 1.82) is 0 Å². The van der Waals surface area contributed by atoms with Gasteiger partial charge in [-0.15, -0.1) is 16.0 Å². The zero-order valence-electron chi connectivity index (χ0n) is 14.8. The highest BCUT2D eigenvalue weighted by Crippen LogP contribution is 2.24.